The molecular weight excluding hydrogens is 254 g/mol. The number of rotatable bonds is 4. The van der Waals surface area contributed by atoms with Gasteiger partial charge in [-0.3, -0.25) is 15.8 Å². The molecule has 94 valence electrons. The first-order chi connectivity index (χ1) is 8.77. The summed E-state index contributed by atoms with van der Waals surface area (Å²) in [5, 5.41) is 0.494. The molecule has 0 amide bonds. The van der Waals surface area contributed by atoms with Gasteiger partial charge in [-0.1, -0.05) is 11.6 Å². The second-order valence-corrected chi connectivity index (χ2v) is 3.83. The maximum atomic E-state index is 6.10. The highest BCUT2D eigenvalue weighted by Gasteiger charge is 2.22. The van der Waals surface area contributed by atoms with Gasteiger partial charge in [-0.05, 0) is 12.1 Å². The second kappa shape index (κ2) is 5.72. The van der Waals surface area contributed by atoms with Crippen LogP contribution in [0.15, 0.2) is 30.7 Å². The normalized spacial score (nSPS) is 12.2. The fourth-order valence-electron chi connectivity index (χ4n) is 1.59. The Morgan fingerprint density at radius 3 is 2.61 bits per heavy atom. The number of pyridine rings is 1. The molecule has 0 bridgehead atoms. The SMILES string of the molecule is COc1nccnc1C(NN)c1ncccc1Cl. The Bertz CT molecular complexity index is 536. The maximum absolute atomic E-state index is 6.10. The zero-order chi connectivity index (χ0) is 13.0. The molecule has 0 saturated heterocycles. The van der Waals surface area contributed by atoms with Crippen LogP contribution in [0.25, 0.3) is 0 Å². The highest BCUT2D eigenvalue weighted by molar-refractivity contribution is 6.31. The highest BCUT2D eigenvalue weighted by atomic mass is 35.5. The van der Waals surface area contributed by atoms with Gasteiger partial charge in [0.1, 0.15) is 11.7 Å². The number of ether oxygens (including phenoxy) is 1. The minimum Gasteiger partial charge on any atom is -0.480 e. The molecule has 2 aromatic rings. The molecule has 1 unspecified atom stereocenters. The Hall–Kier alpha value is -1.76. The van der Waals surface area contributed by atoms with Gasteiger partial charge in [0, 0.05) is 18.6 Å². The number of nitrogens with zero attached hydrogens (tertiary/aromatic N) is 3. The molecule has 0 spiro atoms. The Labute approximate surface area is 109 Å². The average Bonchev–Trinajstić information content (AvgIpc) is 2.42. The lowest BCUT2D eigenvalue weighted by Gasteiger charge is -2.17. The van der Waals surface area contributed by atoms with Gasteiger partial charge in [-0.2, -0.15) is 0 Å². The lowest BCUT2D eigenvalue weighted by Crippen LogP contribution is -2.31. The number of methoxy groups -OCH3 is 1. The van der Waals surface area contributed by atoms with Crippen LogP contribution in [0, 0.1) is 0 Å². The van der Waals surface area contributed by atoms with E-state index in [1.54, 1.807) is 24.5 Å². The maximum Gasteiger partial charge on any atom is 0.237 e. The second-order valence-electron chi connectivity index (χ2n) is 3.42. The van der Waals surface area contributed by atoms with Crippen LogP contribution in [0.5, 0.6) is 5.88 Å². The first-order valence-electron chi connectivity index (χ1n) is 5.19. The number of nitrogens with one attached hydrogen (secondary N) is 1. The first-order valence-corrected chi connectivity index (χ1v) is 5.57. The van der Waals surface area contributed by atoms with E-state index in [0.29, 0.717) is 22.3 Å². The number of halogens is 1. The number of hydrogen-bond acceptors (Lipinski definition) is 6. The van der Waals surface area contributed by atoms with Crippen molar-refractivity contribution in [3.8, 4) is 5.88 Å². The molecular formula is C11H12ClN5O. The standard InChI is InChI=1S/C11H12ClN5O/c1-18-11-10(15-5-6-16-11)9(17-13)8-7(12)3-2-4-14-8/h2-6,9,17H,13H2,1H3. The fourth-order valence-corrected chi connectivity index (χ4v) is 1.82. The minimum atomic E-state index is -0.484. The first kappa shape index (κ1) is 12.7. The molecule has 0 fully saturated rings. The molecule has 0 aromatic carbocycles. The van der Waals surface area contributed by atoms with E-state index < -0.39 is 6.04 Å². The van der Waals surface area contributed by atoms with E-state index in [-0.39, 0.29) is 0 Å². The Balaban J connectivity index is 2.49. The van der Waals surface area contributed by atoms with E-state index >= 15 is 0 Å². The van der Waals surface area contributed by atoms with Gasteiger partial charge in [0.25, 0.3) is 0 Å². The minimum absolute atomic E-state index is 0.377. The summed E-state index contributed by atoms with van der Waals surface area (Å²) in [6.45, 7) is 0. The molecule has 0 aliphatic rings. The number of hydrogen-bond donors (Lipinski definition) is 2. The molecule has 6 nitrogen and oxygen atoms in total. The van der Waals surface area contributed by atoms with Gasteiger partial charge in [0.05, 0.1) is 17.8 Å². The predicted molar refractivity (Wildman–Crippen MR) is 67.0 cm³/mol. The van der Waals surface area contributed by atoms with Crippen molar-refractivity contribution in [2.45, 2.75) is 6.04 Å². The molecule has 0 aliphatic heterocycles. The van der Waals surface area contributed by atoms with Crippen LogP contribution in [0.1, 0.15) is 17.4 Å². The molecule has 2 rings (SSSR count). The van der Waals surface area contributed by atoms with Gasteiger partial charge in [0.2, 0.25) is 5.88 Å². The molecule has 0 aliphatic carbocycles. The molecule has 0 radical (unpaired) electrons. The van der Waals surface area contributed by atoms with Crippen LogP contribution in [0.4, 0.5) is 0 Å². The van der Waals surface area contributed by atoms with Crippen molar-refractivity contribution in [2.24, 2.45) is 5.84 Å². The third-order valence-corrected chi connectivity index (χ3v) is 2.70. The van der Waals surface area contributed by atoms with E-state index in [2.05, 4.69) is 20.4 Å². The Kier molecular flexibility index (Phi) is 4.03. The summed E-state index contributed by atoms with van der Waals surface area (Å²) in [7, 11) is 1.51. The van der Waals surface area contributed by atoms with Crippen LogP contribution in [-0.2, 0) is 0 Å². The average molecular weight is 266 g/mol. The summed E-state index contributed by atoms with van der Waals surface area (Å²) < 4.78 is 5.15. The fraction of sp³-hybridized carbons (Fsp3) is 0.182. The van der Waals surface area contributed by atoms with Crippen LogP contribution in [0.2, 0.25) is 5.02 Å². The smallest absolute Gasteiger partial charge is 0.237 e. The van der Waals surface area contributed by atoms with Crippen molar-refractivity contribution in [1.29, 1.82) is 0 Å². The quantitative estimate of drug-likeness (QED) is 0.636. The van der Waals surface area contributed by atoms with Crippen LogP contribution < -0.4 is 16.0 Å². The summed E-state index contributed by atoms with van der Waals surface area (Å²) in [4.78, 5) is 12.5. The third-order valence-electron chi connectivity index (χ3n) is 2.39. The van der Waals surface area contributed by atoms with Gasteiger partial charge in [-0.15, -0.1) is 0 Å². The summed E-state index contributed by atoms with van der Waals surface area (Å²) in [5.41, 5.74) is 3.72. The van der Waals surface area contributed by atoms with E-state index in [4.69, 9.17) is 22.2 Å². The van der Waals surface area contributed by atoms with Crippen molar-refractivity contribution >= 4 is 11.6 Å². The van der Waals surface area contributed by atoms with Crippen molar-refractivity contribution in [3.63, 3.8) is 0 Å². The molecule has 2 aromatic heterocycles. The topological polar surface area (TPSA) is 86.0 Å². The monoisotopic (exact) mass is 265 g/mol. The molecule has 18 heavy (non-hydrogen) atoms. The Morgan fingerprint density at radius 2 is 1.94 bits per heavy atom. The molecule has 0 saturated carbocycles. The van der Waals surface area contributed by atoms with Crippen molar-refractivity contribution in [2.75, 3.05) is 7.11 Å². The van der Waals surface area contributed by atoms with Gasteiger partial charge < -0.3 is 4.74 Å². The highest BCUT2D eigenvalue weighted by Crippen LogP contribution is 2.28. The van der Waals surface area contributed by atoms with Crippen LogP contribution in [-0.4, -0.2) is 22.1 Å². The van der Waals surface area contributed by atoms with Gasteiger partial charge in [0.15, 0.2) is 0 Å². The predicted octanol–water partition coefficient (Wildman–Crippen LogP) is 1.09. The Morgan fingerprint density at radius 1 is 1.22 bits per heavy atom. The molecule has 7 heteroatoms. The van der Waals surface area contributed by atoms with E-state index in [1.807, 2.05) is 0 Å². The van der Waals surface area contributed by atoms with E-state index in [1.165, 1.54) is 13.3 Å². The largest absolute Gasteiger partial charge is 0.480 e. The third kappa shape index (κ3) is 2.40. The van der Waals surface area contributed by atoms with Crippen LogP contribution >= 0.6 is 11.6 Å². The summed E-state index contributed by atoms with van der Waals surface area (Å²) in [6.07, 6.45) is 4.73. The lowest BCUT2D eigenvalue weighted by atomic mass is 10.1. The number of nitrogens with two attached hydrogens (primary N) is 1. The van der Waals surface area contributed by atoms with Crippen molar-refractivity contribution < 1.29 is 4.74 Å². The summed E-state index contributed by atoms with van der Waals surface area (Å²) in [6, 6.07) is 2.99. The molecule has 2 heterocycles. The van der Waals surface area contributed by atoms with Crippen molar-refractivity contribution in [3.05, 3.63) is 47.1 Å². The van der Waals surface area contributed by atoms with Crippen molar-refractivity contribution in [1.82, 2.24) is 20.4 Å². The van der Waals surface area contributed by atoms with Gasteiger partial charge in [-0.25, -0.2) is 10.4 Å². The van der Waals surface area contributed by atoms with E-state index in [0.717, 1.165) is 0 Å². The van der Waals surface area contributed by atoms with Gasteiger partial charge >= 0.3 is 0 Å². The number of aromatic nitrogens is 3. The van der Waals surface area contributed by atoms with E-state index in [9.17, 15) is 0 Å². The molecule has 3 N–H and O–H groups in total. The lowest BCUT2D eigenvalue weighted by molar-refractivity contribution is 0.382. The summed E-state index contributed by atoms with van der Waals surface area (Å²) in [5.74, 6) is 5.93. The summed E-state index contributed by atoms with van der Waals surface area (Å²) >= 11 is 6.10. The zero-order valence-corrected chi connectivity index (χ0v) is 10.4. The zero-order valence-electron chi connectivity index (χ0n) is 9.67. The number of hydrazine groups is 1. The molecule has 1 atom stereocenters. The van der Waals surface area contributed by atoms with Crippen LogP contribution in [0.3, 0.4) is 0 Å².